The van der Waals surface area contributed by atoms with Gasteiger partial charge in [0.05, 0.1) is 30.0 Å². The quantitative estimate of drug-likeness (QED) is 0.598. The molecule has 0 saturated heterocycles. The summed E-state index contributed by atoms with van der Waals surface area (Å²) in [6.45, 7) is 8.07. The van der Waals surface area contributed by atoms with Gasteiger partial charge in [-0.05, 0) is 57.5 Å². The summed E-state index contributed by atoms with van der Waals surface area (Å²) < 4.78 is 10.3. The van der Waals surface area contributed by atoms with E-state index in [4.69, 9.17) is 9.47 Å². The first-order valence-corrected chi connectivity index (χ1v) is 9.55. The van der Waals surface area contributed by atoms with Crippen molar-refractivity contribution in [3.8, 4) is 0 Å². The van der Waals surface area contributed by atoms with Crippen LogP contribution < -0.4 is 5.32 Å². The lowest BCUT2D eigenvalue weighted by Gasteiger charge is -2.16. The van der Waals surface area contributed by atoms with E-state index in [0.717, 1.165) is 22.0 Å². The minimum absolute atomic E-state index is 0.265. The fourth-order valence-corrected chi connectivity index (χ4v) is 3.24. The number of nitrogens with one attached hydrogen (secondary N) is 1. The molecule has 0 unspecified atom stereocenters. The molecule has 1 N–H and O–H groups in total. The maximum Gasteiger partial charge on any atom is 0.341 e. The number of benzene rings is 2. The molecule has 0 aliphatic heterocycles. The van der Waals surface area contributed by atoms with Crippen LogP contribution in [0.15, 0.2) is 42.6 Å². The van der Waals surface area contributed by atoms with Crippen LogP contribution in [0.5, 0.6) is 0 Å². The number of carbonyl (C=O) groups excluding carboxylic acids is 2. The Morgan fingerprint density at radius 1 is 1.00 bits per heavy atom. The van der Waals surface area contributed by atoms with E-state index in [0.29, 0.717) is 29.1 Å². The summed E-state index contributed by atoms with van der Waals surface area (Å²) >= 11 is 0. The van der Waals surface area contributed by atoms with Gasteiger partial charge >= 0.3 is 11.9 Å². The maximum absolute atomic E-state index is 12.6. The number of anilines is 2. The topological polar surface area (TPSA) is 77.5 Å². The number of ether oxygens (including phenoxy) is 2. The van der Waals surface area contributed by atoms with Crippen LogP contribution in [-0.4, -0.2) is 30.1 Å². The summed E-state index contributed by atoms with van der Waals surface area (Å²) in [5.74, 6) is -0.849. The minimum atomic E-state index is -0.454. The van der Waals surface area contributed by atoms with Crippen LogP contribution in [0.25, 0.3) is 10.9 Å². The van der Waals surface area contributed by atoms with E-state index in [9.17, 15) is 9.59 Å². The van der Waals surface area contributed by atoms with Crippen molar-refractivity contribution < 1.29 is 19.1 Å². The third kappa shape index (κ3) is 4.37. The van der Waals surface area contributed by atoms with Gasteiger partial charge in [-0.1, -0.05) is 17.7 Å². The van der Waals surface area contributed by atoms with Gasteiger partial charge in [-0.25, -0.2) is 9.59 Å². The molecule has 0 amide bonds. The highest BCUT2D eigenvalue weighted by Gasteiger charge is 2.18. The molecule has 0 fully saturated rings. The molecule has 3 rings (SSSR count). The second-order valence-corrected chi connectivity index (χ2v) is 6.67. The van der Waals surface area contributed by atoms with E-state index >= 15 is 0 Å². The Balaban J connectivity index is 2.14. The van der Waals surface area contributed by atoms with Gasteiger partial charge in [-0.15, -0.1) is 0 Å². The highest BCUT2D eigenvalue weighted by molar-refractivity contribution is 6.07. The van der Waals surface area contributed by atoms with Crippen molar-refractivity contribution in [2.24, 2.45) is 0 Å². The fourth-order valence-electron chi connectivity index (χ4n) is 3.24. The molecule has 2 aromatic carbocycles. The van der Waals surface area contributed by atoms with Crippen LogP contribution >= 0.6 is 0 Å². The molecule has 6 nitrogen and oxygen atoms in total. The average molecular weight is 392 g/mol. The number of rotatable bonds is 6. The zero-order chi connectivity index (χ0) is 21.0. The summed E-state index contributed by atoms with van der Waals surface area (Å²) in [6.07, 6.45) is 1.53. The number of esters is 2. The SMILES string of the molecule is CCOC(=O)c1cccc(Nc2c(C(=O)OCC)cnc3c(C)cc(C)cc23)c1. The van der Waals surface area contributed by atoms with Gasteiger partial charge in [0.1, 0.15) is 5.56 Å². The van der Waals surface area contributed by atoms with Crippen molar-refractivity contribution >= 4 is 34.2 Å². The molecule has 0 saturated carbocycles. The first kappa shape index (κ1) is 20.3. The number of hydrogen-bond acceptors (Lipinski definition) is 6. The van der Waals surface area contributed by atoms with Crippen LogP contribution in [0.4, 0.5) is 11.4 Å². The first-order chi connectivity index (χ1) is 13.9. The van der Waals surface area contributed by atoms with Crippen LogP contribution in [-0.2, 0) is 9.47 Å². The highest BCUT2D eigenvalue weighted by atomic mass is 16.5. The number of aryl methyl sites for hydroxylation is 2. The van der Waals surface area contributed by atoms with Gasteiger partial charge in [0.15, 0.2) is 0 Å². The van der Waals surface area contributed by atoms with Crippen LogP contribution in [0.3, 0.4) is 0 Å². The van der Waals surface area contributed by atoms with Crippen molar-refractivity contribution in [2.45, 2.75) is 27.7 Å². The Bertz CT molecular complexity index is 1080. The maximum atomic E-state index is 12.6. The average Bonchev–Trinajstić information content (AvgIpc) is 2.69. The second kappa shape index (κ2) is 8.73. The van der Waals surface area contributed by atoms with E-state index in [1.165, 1.54) is 6.20 Å². The predicted octanol–water partition coefficient (Wildman–Crippen LogP) is 4.95. The van der Waals surface area contributed by atoms with Gasteiger partial charge in [-0.3, -0.25) is 4.98 Å². The summed E-state index contributed by atoms with van der Waals surface area (Å²) in [5.41, 5.74) is 4.90. The predicted molar refractivity (Wildman–Crippen MR) is 113 cm³/mol. The van der Waals surface area contributed by atoms with Gasteiger partial charge in [0.2, 0.25) is 0 Å². The summed E-state index contributed by atoms with van der Waals surface area (Å²) in [7, 11) is 0. The lowest BCUT2D eigenvalue weighted by atomic mass is 10.0. The van der Waals surface area contributed by atoms with Gasteiger partial charge < -0.3 is 14.8 Å². The van der Waals surface area contributed by atoms with Gasteiger partial charge in [-0.2, -0.15) is 0 Å². The third-order valence-corrected chi connectivity index (χ3v) is 4.44. The molecule has 0 spiro atoms. The summed E-state index contributed by atoms with van der Waals surface area (Å²) in [6, 6.07) is 11.0. The van der Waals surface area contributed by atoms with Crippen LogP contribution in [0, 0.1) is 13.8 Å². The monoisotopic (exact) mass is 392 g/mol. The lowest BCUT2D eigenvalue weighted by molar-refractivity contribution is 0.0517. The van der Waals surface area contributed by atoms with Crippen molar-refractivity contribution in [3.05, 3.63) is 64.8 Å². The first-order valence-electron chi connectivity index (χ1n) is 9.55. The molecule has 0 aliphatic carbocycles. The van der Waals surface area contributed by atoms with Gasteiger partial charge in [0.25, 0.3) is 0 Å². The molecule has 0 radical (unpaired) electrons. The van der Waals surface area contributed by atoms with Crippen molar-refractivity contribution in [2.75, 3.05) is 18.5 Å². The van der Waals surface area contributed by atoms with E-state index < -0.39 is 11.9 Å². The van der Waals surface area contributed by atoms with Crippen LogP contribution in [0.2, 0.25) is 0 Å². The molecule has 0 bridgehead atoms. The number of fused-ring (bicyclic) bond motifs is 1. The molecule has 6 heteroatoms. The largest absolute Gasteiger partial charge is 0.462 e. The Kier molecular flexibility index (Phi) is 6.12. The third-order valence-electron chi connectivity index (χ3n) is 4.44. The summed E-state index contributed by atoms with van der Waals surface area (Å²) in [4.78, 5) is 29.1. The second-order valence-electron chi connectivity index (χ2n) is 6.67. The number of nitrogens with zero attached hydrogens (tertiary/aromatic N) is 1. The normalized spacial score (nSPS) is 10.6. The molecule has 150 valence electrons. The smallest absolute Gasteiger partial charge is 0.341 e. The Morgan fingerprint density at radius 2 is 1.72 bits per heavy atom. The number of hydrogen-bond donors (Lipinski definition) is 1. The molecule has 0 aliphatic rings. The Morgan fingerprint density at radius 3 is 2.45 bits per heavy atom. The van der Waals surface area contributed by atoms with E-state index in [-0.39, 0.29) is 6.61 Å². The van der Waals surface area contributed by atoms with E-state index in [1.54, 1.807) is 32.0 Å². The number of aromatic nitrogens is 1. The van der Waals surface area contributed by atoms with Crippen LogP contribution in [0.1, 0.15) is 45.7 Å². The standard InChI is InChI=1S/C23H24N2O4/c1-5-28-22(26)16-8-7-9-17(12-16)25-21-18-11-14(3)10-15(4)20(18)24-13-19(21)23(27)29-6-2/h7-13H,5-6H2,1-4H3,(H,24,25). The minimum Gasteiger partial charge on any atom is -0.462 e. The van der Waals surface area contributed by atoms with E-state index in [2.05, 4.69) is 10.3 Å². The Hall–Kier alpha value is -3.41. The number of carbonyl (C=O) groups is 2. The molecular formula is C23H24N2O4. The van der Waals surface area contributed by atoms with Crippen molar-refractivity contribution in [1.82, 2.24) is 4.98 Å². The zero-order valence-electron chi connectivity index (χ0n) is 17.0. The fraction of sp³-hybridized carbons (Fsp3) is 0.261. The molecule has 0 atom stereocenters. The summed E-state index contributed by atoms with van der Waals surface area (Å²) in [5, 5.41) is 4.11. The number of pyridine rings is 1. The molecule has 1 heterocycles. The molecule has 3 aromatic rings. The zero-order valence-corrected chi connectivity index (χ0v) is 17.0. The van der Waals surface area contributed by atoms with Crippen molar-refractivity contribution in [3.63, 3.8) is 0 Å². The molecule has 29 heavy (non-hydrogen) atoms. The Labute approximate surface area is 169 Å². The lowest BCUT2D eigenvalue weighted by Crippen LogP contribution is -2.10. The molecule has 1 aromatic heterocycles. The van der Waals surface area contributed by atoms with E-state index in [1.807, 2.05) is 32.0 Å². The van der Waals surface area contributed by atoms with Crippen molar-refractivity contribution in [1.29, 1.82) is 0 Å². The highest BCUT2D eigenvalue weighted by Crippen LogP contribution is 2.32. The van der Waals surface area contributed by atoms with Gasteiger partial charge in [0, 0.05) is 17.3 Å². The molecular weight excluding hydrogens is 368 g/mol.